The number of fused-ring (bicyclic) bond motifs is 2. The van der Waals surface area contributed by atoms with Gasteiger partial charge in [0.05, 0.1) is 18.5 Å². The average Bonchev–Trinajstić information content (AvgIpc) is 2.77. The highest BCUT2D eigenvalue weighted by Gasteiger charge is 2.47. The van der Waals surface area contributed by atoms with Gasteiger partial charge in [-0.1, -0.05) is 0 Å². The van der Waals surface area contributed by atoms with E-state index in [0.717, 1.165) is 37.3 Å². The molecule has 3 heterocycles. The van der Waals surface area contributed by atoms with Gasteiger partial charge in [0, 0.05) is 18.2 Å². The fourth-order valence-corrected chi connectivity index (χ4v) is 3.20. The van der Waals surface area contributed by atoms with Gasteiger partial charge in [-0.15, -0.1) is 0 Å². The Labute approximate surface area is 113 Å². The number of hydrogen-bond acceptors (Lipinski definition) is 4. The number of nitrogens with zero attached hydrogens (tertiary/aromatic N) is 3. The Hall–Kier alpha value is -1.62. The molecule has 1 spiro atoms. The molecule has 0 unspecified atom stereocenters. The van der Waals surface area contributed by atoms with Crippen LogP contribution in [0.2, 0.25) is 0 Å². The molecule has 5 heteroatoms. The summed E-state index contributed by atoms with van der Waals surface area (Å²) in [5.74, 6) is 0. The molecule has 2 aliphatic heterocycles. The first-order chi connectivity index (χ1) is 9.16. The van der Waals surface area contributed by atoms with Crippen LogP contribution in [0.15, 0.2) is 18.3 Å². The van der Waals surface area contributed by atoms with Crippen molar-refractivity contribution in [2.75, 3.05) is 38.7 Å². The number of ether oxygens (including phenoxy) is 1. The summed E-state index contributed by atoms with van der Waals surface area (Å²) >= 11 is 0. The van der Waals surface area contributed by atoms with Gasteiger partial charge in [-0.25, -0.2) is 4.79 Å². The summed E-state index contributed by atoms with van der Waals surface area (Å²) in [4.78, 5) is 20.6. The first kappa shape index (κ1) is 12.4. The number of pyridine rings is 1. The zero-order valence-corrected chi connectivity index (χ0v) is 11.4. The molecule has 1 aromatic rings. The Balaban J connectivity index is 1.99. The zero-order chi connectivity index (χ0) is 13.5. The predicted molar refractivity (Wildman–Crippen MR) is 72.4 cm³/mol. The summed E-state index contributed by atoms with van der Waals surface area (Å²) in [6.07, 6.45) is 3.62. The van der Waals surface area contributed by atoms with Crippen molar-refractivity contribution in [1.82, 2.24) is 9.88 Å². The summed E-state index contributed by atoms with van der Waals surface area (Å²) in [7, 11) is 3.57. The van der Waals surface area contributed by atoms with E-state index >= 15 is 0 Å². The molecule has 19 heavy (non-hydrogen) atoms. The lowest BCUT2D eigenvalue weighted by Crippen LogP contribution is -2.45. The minimum atomic E-state index is -0.287. The Bertz CT molecular complexity index is 495. The minimum absolute atomic E-state index is 0.0112. The van der Waals surface area contributed by atoms with Crippen LogP contribution in [-0.4, -0.2) is 49.8 Å². The topological polar surface area (TPSA) is 45.7 Å². The van der Waals surface area contributed by atoms with Gasteiger partial charge in [-0.05, 0) is 45.1 Å². The maximum absolute atomic E-state index is 11.9. The Morgan fingerprint density at radius 3 is 2.84 bits per heavy atom. The van der Waals surface area contributed by atoms with E-state index in [4.69, 9.17) is 4.74 Å². The molecule has 0 bridgehead atoms. The van der Waals surface area contributed by atoms with Crippen molar-refractivity contribution in [3.8, 4) is 0 Å². The quantitative estimate of drug-likeness (QED) is 0.712. The Kier molecular flexibility index (Phi) is 2.93. The van der Waals surface area contributed by atoms with Crippen LogP contribution < -0.4 is 4.90 Å². The lowest BCUT2D eigenvalue weighted by Gasteiger charge is -2.37. The fourth-order valence-electron chi connectivity index (χ4n) is 3.20. The van der Waals surface area contributed by atoms with Gasteiger partial charge in [0.2, 0.25) is 0 Å². The van der Waals surface area contributed by atoms with Crippen LogP contribution in [0.1, 0.15) is 18.5 Å². The van der Waals surface area contributed by atoms with E-state index in [0.29, 0.717) is 6.54 Å². The number of aromatic nitrogens is 1. The van der Waals surface area contributed by atoms with Gasteiger partial charge in [-0.3, -0.25) is 9.88 Å². The minimum Gasteiger partial charge on any atom is -0.452 e. The molecule has 3 rings (SSSR count). The third kappa shape index (κ3) is 1.89. The first-order valence-corrected chi connectivity index (χ1v) is 6.66. The van der Waals surface area contributed by atoms with Crippen molar-refractivity contribution < 1.29 is 9.53 Å². The van der Waals surface area contributed by atoms with E-state index in [2.05, 4.69) is 16.9 Å². The van der Waals surface area contributed by atoms with Gasteiger partial charge in [0.1, 0.15) is 0 Å². The highest BCUT2D eigenvalue weighted by Crippen LogP contribution is 2.45. The zero-order valence-electron chi connectivity index (χ0n) is 11.4. The highest BCUT2D eigenvalue weighted by atomic mass is 16.5. The number of rotatable bonds is 0. The number of anilines is 1. The molecule has 0 saturated carbocycles. The molecule has 102 valence electrons. The molecule has 0 atom stereocenters. The summed E-state index contributed by atoms with van der Waals surface area (Å²) in [6, 6.07) is 3.84. The maximum Gasteiger partial charge on any atom is 0.414 e. The number of carbonyl (C=O) groups excluding carboxylic acids is 1. The summed E-state index contributed by atoms with van der Waals surface area (Å²) in [5, 5.41) is 0. The standard InChI is InChI=1S/C14H19N3O2/c1-16-8-5-14(6-9-16)10-17(13(18)19-2)11-4-3-7-15-12(11)14/h3-4,7H,5-6,8-10H2,1-2H3. The monoisotopic (exact) mass is 261 g/mol. The largest absolute Gasteiger partial charge is 0.452 e. The van der Waals surface area contributed by atoms with Gasteiger partial charge < -0.3 is 9.64 Å². The van der Waals surface area contributed by atoms with E-state index in [-0.39, 0.29) is 11.5 Å². The van der Waals surface area contributed by atoms with Gasteiger partial charge in [0.15, 0.2) is 0 Å². The second-order valence-corrected chi connectivity index (χ2v) is 5.51. The van der Waals surface area contributed by atoms with Crippen molar-refractivity contribution in [2.45, 2.75) is 18.3 Å². The highest BCUT2D eigenvalue weighted by molar-refractivity contribution is 5.90. The van der Waals surface area contributed by atoms with Gasteiger partial charge in [-0.2, -0.15) is 0 Å². The molecule has 1 saturated heterocycles. The SMILES string of the molecule is COC(=O)N1CC2(CCN(C)CC2)c2ncccc21. The molecule has 2 aliphatic rings. The molecule has 5 nitrogen and oxygen atoms in total. The van der Waals surface area contributed by atoms with Crippen LogP contribution in [0, 0.1) is 0 Å². The van der Waals surface area contributed by atoms with Crippen molar-refractivity contribution in [3.63, 3.8) is 0 Å². The van der Waals surface area contributed by atoms with Gasteiger partial charge >= 0.3 is 6.09 Å². The lowest BCUT2D eigenvalue weighted by atomic mass is 9.77. The van der Waals surface area contributed by atoms with Crippen LogP contribution in [-0.2, 0) is 10.2 Å². The summed E-state index contributed by atoms with van der Waals surface area (Å²) < 4.78 is 4.89. The number of methoxy groups -OCH3 is 1. The van der Waals surface area contributed by atoms with E-state index < -0.39 is 0 Å². The number of likely N-dealkylation sites (tertiary alicyclic amines) is 1. The Morgan fingerprint density at radius 2 is 2.16 bits per heavy atom. The molecule has 0 aliphatic carbocycles. The van der Waals surface area contributed by atoms with Crippen LogP contribution in [0.4, 0.5) is 10.5 Å². The fraction of sp³-hybridized carbons (Fsp3) is 0.571. The molecular formula is C14H19N3O2. The Morgan fingerprint density at radius 1 is 1.42 bits per heavy atom. The van der Waals surface area contributed by atoms with Gasteiger partial charge in [0.25, 0.3) is 0 Å². The number of amides is 1. The molecule has 0 radical (unpaired) electrons. The molecule has 1 fully saturated rings. The number of carbonyl (C=O) groups is 1. The summed E-state index contributed by atoms with van der Waals surface area (Å²) in [5.41, 5.74) is 1.99. The van der Waals surface area contributed by atoms with Crippen molar-refractivity contribution in [1.29, 1.82) is 0 Å². The van der Waals surface area contributed by atoms with E-state index in [9.17, 15) is 4.79 Å². The molecule has 1 aromatic heterocycles. The van der Waals surface area contributed by atoms with Crippen molar-refractivity contribution >= 4 is 11.8 Å². The van der Waals surface area contributed by atoms with E-state index in [1.165, 1.54) is 7.11 Å². The third-order valence-corrected chi connectivity index (χ3v) is 4.38. The molecule has 1 amide bonds. The lowest BCUT2D eigenvalue weighted by molar-refractivity contribution is 0.170. The second-order valence-electron chi connectivity index (χ2n) is 5.51. The van der Waals surface area contributed by atoms with Crippen molar-refractivity contribution in [3.05, 3.63) is 24.0 Å². The molecular weight excluding hydrogens is 242 g/mol. The normalized spacial score (nSPS) is 21.5. The smallest absolute Gasteiger partial charge is 0.414 e. The van der Waals surface area contributed by atoms with E-state index in [1.54, 1.807) is 4.90 Å². The summed E-state index contributed by atoms with van der Waals surface area (Å²) in [6.45, 7) is 2.79. The predicted octanol–water partition coefficient (Wildman–Crippen LogP) is 1.63. The number of hydrogen-bond donors (Lipinski definition) is 0. The average molecular weight is 261 g/mol. The van der Waals surface area contributed by atoms with Crippen LogP contribution in [0.5, 0.6) is 0 Å². The maximum atomic E-state index is 11.9. The van der Waals surface area contributed by atoms with Crippen molar-refractivity contribution in [2.24, 2.45) is 0 Å². The molecule has 0 aromatic carbocycles. The number of piperidine rings is 1. The first-order valence-electron chi connectivity index (χ1n) is 6.66. The van der Waals surface area contributed by atoms with Crippen LogP contribution >= 0.6 is 0 Å². The van der Waals surface area contributed by atoms with Crippen LogP contribution in [0.25, 0.3) is 0 Å². The molecule has 0 N–H and O–H groups in total. The van der Waals surface area contributed by atoms with Crippen LogP contribution in [0.3, 0.4) is 0 Å². The van der Waals surface area contributed by atoms with E-state index in [1.807, 2.05) is 18.3 Å². The third-order valence-electron chi connectivity index (χ3n) is 4.38. The second kappa shape index (κ2) is 4.49.